The molecule has 7 aromatic rings. The van der Waals surface area contributed by atoms with Crippen molar-refractivity contribution < 1.29 is 25.8 Å². The summed E-state index contributed by atoms with van der Waals surface area (Å²) in [6.45, 7) is 8.52. The summed E-state index contributed by atoms with van der Waals surface area (Å²) in [6.07, 6.45) is 5.97. The van der Waals surface area contributed by atoms with Crippen molar-refractivity contribution in [3.8, 4) is 28.4 Å². The number of benzene rings is 5. The molecular formula is C41H31N4OPt-3. The molecule has 0 fully saturated rings. The predicted molar refractivity (Wildman–Crippen MR) is 187 cm³/mol. The number of pyridine rings is 1. The number of hydrogen-bond donors (Lipinski definition) is 0. The minimum absolute atomic E-state index is 0. The van der Waals surface area contributed by atoms with Gasteiger partial charge in [-0.2, -0.15) is 12.1 Å². The van der Waals surface area contributed by atoms with Gasteiger partial charge >= 0.3 is 0 Å². The molecule has 0 unspecified atom stereocenters. The Balaban J connectivity index is 0.00000351. The van der Waals surface area contributed by atoms with E-state index in [4.69, 9.17) is 9.72 Å². The van der Waals surface area contributed by atoms with Gasteiger partial charge in [0.25, 0.3) is 0 Å². The van der Waals surface area contributed by atoms with Crippen LogP contribution in [0.25, 0.3) is 38.8 Å². The van der Waals surface area contributed by atoms with Crippen LogP contribution >= 0.6 is 0 Å². The zero-order valence-electron chi connectivity index (χ0n) is 26.2. The molecule has 47 heavy (non-hydrogen) atoms. The van der Waals surface area contributed by atoms with Gasteiger partial charge in [-0.1, -0.05) is 60.1 Å². The van der Waals surface area contributed by atoms with E-state index in [0.717, 1.165) is 50.1 Å². The normalized spacial score (nSPS) is 12.6. The minimum atomic E-state index is 0. The van der Waals surface area contributed by atoms with Gasteiger partial charge < -0.3 is 19.1 Å². The molecular weight excluding hydrogens is 760 g/mol. The number of rotatable bonds is 6. The fraction of sp³-hybridized carbons (Fsp3) is 0.0732. The van der Waals surface area contributed by atoms with Crippen LogP contribution in [0.1, 0.15) is 16.7 Å². The van der Waals surface area contributed by atoms with Crippen molar-refractivity contribution in [1.82, 2.24) is 9.55 Å². The van der Waals surface area contributed by atoms with E-state index in [1.807, 2.05) is 48.8 Å². The zero-order chi connectivity index (χ0) is 31.2. The molecule has 0 aliphatic carbocycles. The minimum Gasteiger partial charge on any atom is -0.509 e. The van der Waals surface area contributed by atoms with Crippen LogP contribution in [0.3, 0.4) is 0 Å². The van der Waals surface area contributed by atoms with Gasteiger partial charge in [-0.05, 0) is 90.6 Å². The Morgan fingerprint density at radius 2 is 1.40 bits per heavy atom. The summed E-state index contributed by atoms with van der Waals surface area (Å²) >= 11 is 0. The van der Waals surface area contributed by atoms with E-state index in [2.05, 4.69) is 133 Å². The first-order valence-electron chi connectivity index (χ1n) is 15.4. The van der Waals surface area contributed by atoms with E-state index in [9.17, 15) is 0 Å². The average molecular weight is 791 g/mol. The van der Waals surface area contributed by atoms with Gasteiger partial charge in [-0.3, -0.25) is 0 Å². The number of anilines is 2. The number of aromatic nitrogens is 2. The molecule has 6 heteroatoms. The molecule has 0 amide bonds. The van der Waals surface area contributed by atoms with Crippen molar-refractivity contribution in [3.63, 3.8) is 0 Å². The number of hydrogen-bond acceptors (Lipinski definition) is 4. The van der Waals surface area contributed by atoms with Crippen LogP contribution in [0.15, 0.2) is 128 Å². The number of para-hydroxylation sites is 1. The van der Waals surface area contributed by atoms with Crippen LogP contribution < -0.4 is 14.5 Å². The fourth-order valence-electron chi connectivity index (χ4n) is 6.15. The topological polar surface area (TPSA) is 33.5 Å². The molecule has 2 aromatic heterocycles. The second-order valence-electron chi connectivity index (χ2n) is 11.7. The Hall–Kier alpha value is -5.12. The zero-order valence-corrected chi connectivity index (χ0v) is 28.5. The monoisotopic (exact) mass is 790 g/mol. The standard InChI is InChI=1S/C41H31N4O.Pt/c1-28-22-30(3)39(23-29(28)2)44-21-20-43(27-44)33-12-9-13-34(25-33)46-35-16-17-37-36-14-7-8-15-38(36)45(40(37)26-35)41-24-32(18-19-42-41)31-10-5-4-6-11-31;/h4-24,27H,1-3H3;/q-3;. The Morgan fingerprint density at radius 1 is 0.638 bits per heavy atom. The molecule has 0 N–H and O–H groups in total. The first-order valence-corrected chi connectivity index (χ1v) is 15.4. The van der Waals surface area contributed by atoms with Crippen LogP contribution in [0.2, 0.25) is 0 Å². The second-order valence-corrected chi connectivity index (χ2v) is 11.7. The fourth-order valence-corrected chi connectivity index (χ4v) is 6.15. The maximum atomic E-state index is 6.40. The Kier molecular flexibility index (Phi) is 8.17. The molecule has 5 aromatic carbocycles. The van der Waals surface area contributed by atoms with Gasteiger partial charge in [0.2, 0.25) is 0 Å². The summed E-state index contributed by atoms with van der Waals surface area (Å²) in [6, 6.07) is 44.4. The van der Waals surface area contributed by atoms with Gasteiger partial charge in [-0.25, -0.2) is 4.98 Å². The molecule has 1 aliphatic rings. The van der Waals surface area contributed by atoms with E-state index < -0.39 is 0 Å². The largest absolute Gasteiger partial charge is 0.509 e. The smallest absolute Gasteiger partial charge is 0.136 e. The van der Waals surface area contributed by atoms with Gasteiger partial charge in [-0.15, -0.1) is 48.1 Å². The number of ether oxygens (including phenoxy) is 1. The molecule has 0 atom stereocenters. The van der Waals surface area contributed by atoms with E-state index in [-0.39, 0.29) is 21.1 Å². The van der Waals surface area contributed by atoms with Crippen LogP contribution in [-0.4, -0.2) is 9.55 Å². The first kappa shape index (κ1) is 30.5. The van der Waals surface area contributed by atoms with Crippen LogP contribution in [0, 0.1) is 39.6 Å². The van der Waals surface area contributed by atoms with Gasteiger partial charge in [0.15, 0.2) is 0 Å². The average Bonchev–Trinajstić information content (AvgIpc) is 3.70. The van der Waals surface area contributed by atoms with Gasteiger partial charge in [0, 0.05) is 50.0 Å². The molecule has 0 saturated heterocycles. The van der Waals surface area contributed by atoms with Crippen molar-refractivity contribution in [2.45, 2.75) is 20.8 Å². The molecule has 8 rings (SSSR count). The van der Waals surface area contributed by atoms with Crippen molar-refractivity contribution in [2.24, 2.45) is 0 Å². The number of fused-ring (bicyclic) bond motifs is 3. The summed E-state index contributed by atoms with van der Waals surface area (Å²) in [4.78, 5) is 8.99. The van der Waals surface area contributed by atoms with Crippen LogP contribution in [0.4, 0.5) is 11.4 Å². The third kappa shape index (κ3) is 5.73. The van der Waals surface area contributed by atoms with Gasteiger partial charge in [0.1, 0.15) is 5.82 Å². The van der Waals surface area contributed by atoms with E-state index in [0.29, 0.717) is 11.5 Å². The molecule has 1 aliphatic heterocycles. The van der Waals surface area contributed by atoms with Crippen molar-refractivity contribution >= 4 is 33.2 Å². The molecule has 0 spiro atoms. The Morgan fingerprint density at radius 3 is 2.28 bits per heavy atom. The number of aryl methyl sites for hydroxylation is 3. The quantitative estimate of drug-likeness (QED) is 0.157. The van der Waals surface area contributed by atoms with Crippen molar-refractivity contribution in [2.75, 3.05) is 9.80 Å². The summed E-state index contributed by atoms with van der Waals surface area (Å²) in [7, 11) is 0. The summed E-state index contributed by atoms with van der Waals surface area (Å²) in [5.41, 5.74) is 10.1. The maximum Gasteiger partial charge on any atom is 0.136 e. The molecule has 234 valence electrons. The first-order chi connectivity index (χ1) is 22.5. The molecule has 0 saturated carbocycles. The SMILES string of the molecule is Cc1cc(C)c(N2C=CN(c3[c-]c(Oc4[c-]c5c(cc4)c4ccccc4n5-c4cc(-c5ccccc5)ccn4)ccc3)[CH-]2)cc1C.[Pt]. The molecule has 5 nitrogen and oxygen atoms in total. The van der Waals surface area contributed by atoms with E-state index in [1.54, 1.807) is 0 Å². The van der Waals surface area contributed by atoms with Gasteiger partial charge in [0.05, 0.1) is 0 Å². The molecule has 0 radical (unpaired) electrons. The summed E-state index contributed by atoms with van der Waals surface area (Å²) < 4.78 is 8.57. The Labute approximate surface area is 289 Å². The summed E-state index contributed by atoms with van der Waals surface area (Å²) in [5, 5.41) is 2.23. The van der Waals surface area contributed by atoms with Crippen molar-refractivity contribution in [1.29, 1.82) is 0 Å². The second kappa shape index (κ2) is 12.6. The summed E-state index contributed by atoms with van der Waals surface area (Å²) in [5.74, 6) is 2.05. The van der Waals surface area contributed by atoms with E-state index in [1.165, 1.54) is 16.7 Å². The Bertz CT molecular complexity index is 2270. The number of nitrogens with zero attached hydrogens (tertiary/aromatic N) is 4. The van der Waals surface area contributed by atoms with Crippen LogP contribution in [-0.2, 0) is 21.1 Å². The van der Waals surface area contributed by atoms with E-state index >= 15 is 0 Å². The van der Waals surface area contributed by atoms with Crippen LogP contribution in [0.5, 0.6) is 11.5 Å². The maximum absolute atomic E-state index is 6.40. The predicted octanol–water partition coefficient (Wildman–Crippen LogP) is 10.1. The third-order valence-corrected chi connectivity index (χ3v) is 8.62. The molecule has 3 heterocycles. The third-order valence-electron chi connectivity index (χ3n) is 8.62. The molecule has 0 bridgehead atoms. The van der Waals surface area contributed by atoms with Crippen molar-refractivity contribution in [3.05, 3.63) is 163 Å².